The van der Waals surface area contributed by atoms with E-state index in [1.54, 1.807) is 23.8 Å². The Labute approximate surface area is 212 Å². The molecule has 5 rings (SSSR count). The summed E-state index contributed by atoms with van der Waals surface area (Å²) < 4.78 is 12.3. The lowest BCUT2D eigenvalue weighted by atomic mass is 10.1. The van der Waals surface area contributed by atoms with Crippen LogP contribution < -0.4 is 15.4 Å². The molecule has 0 aliphatic carbocycles. The number of benzene rings is 3. The van der Waals surface area contributed by atoms with Crippen LogP contribution in [0, 0.1) is 12.8 Å². The van der Waals surface area contributed by atoms with Crippen molar-refractivity contribution in [1.29, 1.82) is 0 Å². The van der Waals surface area contributed by atoms with Gasteiger partial charge in [0.2, 0.25) is 0 Å². The summed E-state index contributed by atoms with van der Waals surface area (Å²) in [6.07, 6.45) is 1.53. The summed E-state index contributed by atoms with van der Waals surface area (Å²) in [7, 11) is 1.59. The van der Waals surface area contributed by atoms with Gasteiger partial charge in [0.05, 0.1) is 33.8 Å². The number of hydrogen-bond acceptors (Lipinski definition) is 8. The van der Waals surface area contributed by atoms with Crippen molar-refractivity contribution in [2.45, 2.75) is 13.8 Å². The second-order valence-electron chi connectivity index (χ2n) is 8.59. The molecule has 0 aliphatic heterocycles. The SMILES string of the molecule is COCC(C)C(=O)[NH2+]c1ccc2ncnc(Nc3ccc(Oc4ccc5scnc5c4)c(C)c3)c2c1. The van der Waals surface area contributed by atoms with E-state index in [-0.39, 0.29) is 11.8 Å². The van der Waals surface area contributed by atoms with Crippen LogP contribution in [0.2, 0.25) is 0 Å². The van der Waals surface area contributed by atoms with Crippen LogP contribution in [-0.4, -0.2) is 34.6 Å². The van der Waals surface area contributed by atoms with Gasteiger partial charge in [0, 0.05) is 36.4 Å². The molecule has 2 aromatic heterocycles. The minimum atomic E-state index is -0.206. The molecule has 9 heteroatoms. The summed E-state index contributed by atoms with van der Waals surface area (Å²) >= 11 is 1.61. The minimum absolute atomic E-state index is 0.0164. The zero-order chi connectivity index (χ0) is 25.1. The second-order valence-corrected chi connectivity index (χ2v) is 9.48. The lowest BCUT2D eigenvalue weighted by Gasteiger charge is -2.13. The summed E-state index contributed by atoms with van der Waals surface area (Å²) in [6.45, 7) is 4.24. The third-order valence-corrected chi connectivity index (χ3v) is 6.65. The number of nitrogens with one attached hydrogen (secondary N) is 1. The number of aromatic nitrogens is 3. The summed E-state index contributed by atoms with van der Waals surface area (Å²) in [4.78, 5) is 25.6. The van der Waals surface area contributed by atoms with E-state index >= 15 is 0 Å². The number of fused-ring (bicyclic) bond motifs is 2. The van der Waals surface area contributed by atoms with Gasteiger partial charge in [0.15, 0.2) is 0 Å². The fourth-order valence-electron chi connectivity index (χ4n) is 3.91. The van der Waals surface area contributed by atoms with E-state index in [4.69, 9.17) is 9.47 Å². The van der Waals surface area contributed by atoms with E-state index in [0.717, 1.165) is 49.6 Å². The largest absolute Gasteiger partial charge is 0.457 e. The molecule has 0 saturated heterocycles. The number of aryl methyl sites for hydroxylation is 1. The summed E-state index contributed by atoms with van der Waals surface area (Å²) in [5, 5.41) is 5.85. The van der Waals surface area contributed by atoms with E-state index in [9.17, 15) is 4.79 Å². The zero-order valence-electron chi connectivity index (χ0n) is 20.2. The number of hydrogen-bond donors (Lipinski definition) is 2. The molecule has 2 heterocycles. The fourth-order valence-corrected chi connectivity index (χ4v) is 4.57. The Morgan fingerprint density at radius 3 is 2.78 bits per heavy atom. The van der Waals surface area contributed by atoms with Crippen LogP contribution in [0.4, 0.5) is 17.2 Å². The Kier molecular flexibility index (Phi) is 6.86. The van der Waals surface area contributed by atoms with Crippen LogP contribution in [-0.2, 0) is 9.53 Å². The number of quaternary nitrogens is 1. The molecule has 3 aromatic carbocycles. The number of nitrogens with zero attached hydrogens (tertiary/aromatic N) is 3. The maximum absolute atomic E-state index is 12.5. The van der Waals surface area contributed by atoms with Gasteiger partial charge in [-0.1, -0.05) is 0 Å². The van der Waals surface area contributed by atoms with Crippen LogP contribution in [0.3, 0.4) is 0 Å². The Morgan fingerprint density at radius 2 is 1.94 bits per heavy atom. The van der Waals surface area contributed by atoms with Gasteiger partial charge in [0.25, 0.3) is 0 Å². The molecule has 0 aliphatic rings. The molecule has 1 atom stereocenters. The van der Waals surface area contributed by atoms with Crippen molar-refractivity contribution >= 4 is 55.6 Å². The van der Waals surface area contributed by atoms with Crippen molar-refractivity contribution in [2.24, 2.45) is 5.92 Å². The maximum atomic E-state index is 12.5. The molecule has 0 radical (unpaired) electrons. The smallest absolute Gasteiger partial charge is 0.320 e. The molecule has 1 amide bonds. The van der Waals surface area contributed by atoms with E-state index < -0.39 is 0 Å². The molecule has 0 spiro atoms. The number of rotatable bonds is 8. The first kappa shape index (κ1) is 23.8. The van der Waals surface area contributed by atoms with Gasteiger partial charge >= 0.3 is 5.91 Å². The summed E-state index contributed by atoms with van der Waals surface area (Å²) in [6, 6.07) is 17.5. The number of thiazole rings is 1. The molecule has 36 heavy (non-hydrogen) atoms. The molecule has 0 fully saturated rings. The highest BCUT2D eigenvalue weighted by Crippen LogP contribution is 2.31. The molecule has 8 nitrogen and oxygen atoms in total. The molecule has 0 saturated carbocycles. The molecule has 3 N–H and O–H groups in total. The maximum Gasteiger partial charge on any atom is 0.320 e. The van der Waals surface area contributed by atoms with Crippen LogP contribution in [0.15, 0.2) is 66.4 Å². The Balaban J connectivity index is 1.36. The number of carbonyl (C=O) groups excluding carboxylic acids is 1. The third kappa shape index (κ3) is 5.18. The van der Waals surface area contributed by atoms with Crippen LogP contribution in [0.5, 0.6) is 11.5 Å². The fraction of sp³-hybridized carbons (Fsp3) is 0.185. The number of amides is 1. The zero-order valence-corrected chi connectivity index (χ0v) is 21.0. The summed E-state index contributed by atoms with van der Waals surface area (Å²) in [5.74, 6) is 1.99. The molecule has 5 aromatic rings. The van der Waals surface area contributed by atoms with Crippen molar-refractivity contribution in [3.63, 3.8) is 0 Å². The number of carbonyl (C=O) groups is 1. The number of nitrogens with two attached hydrogens (primary N) is 1. The first-order chi connectivity index (χ1) is 17.5. The van der Waals surface area contributed by atoms with Crippen molar-refractivity contribution < 1.29 is 19.6 Å². The average molecular weight is 501 g/mol. The Morgan fingerprint density at radius 1 is 1.06 bits per heavy atom. The minimum Gasteiger partial charge on any atom is -0.457 e. The summed E-state index contributed by atoms with van der Waals surface area (Å²) in [5.41, 5.74) is 6.19. The molecule has 0 bridgehead atoms. The van der Waals surface area contributed by atoms with Gasteiger partial charge in [-0.25, -0.2) is 19.7 Å². The first-order valence-corrected chi connectivity index (χ1v) is 12.4. The predicted molar refractivity (Wildman–Crippen MR) is 141 cm³/mol. The molecular weight excluding hydrogens is 474 g/mol. The topological polar surface area (TPSA) is 103 Å². The van der Waals surface area contributed by atoms with Crippen LogP contribution in [0.1, 0.15) is 12.5 Å². The molecular formula is C27H26N5O3S+. The third-order valence-electron chi connectivity index (χ3n) is 5.84. The highest BCUT2D eigenvalue weighted by molar-refractivity contribution is 7.16. The van der Waals surface area contributed by atoms with Gasteiger partial charge in [0.1, 0.15) is 29.3 Å². The highest BCUT2D eigenvalue weighted by Gasteiger charge is 2.18. The number of primary amides is 1. The van der Waals surface area contributed by atoms with Crippen LogP contribution in [0.25, 0.3) is 21.1 Å². The van der Waals surface area contributed by atoms with Gasteiger partial charge in [-0.05, 0) is 55.8 Å². The average Bonchev–Trinajstić information content (AvgIpc) is 3.34. The van der Waals surface area contributed by atoms with E-state index in [1.807, 2.05) is 74.0 Å². The van der Waals surface area contributed by atoms with Crippen molar-refractivity contribution in [1.82, 2.24) is 15.0 Å². The highest BCUT2D eigenvalue weighted by atomic mass is 32.1. The standard InChI is InChI=1S/C27H25N5O3S/c1-16-10-18(5-8-24(16)35-20-6-9-25-23(12-20)30-15-36-25)31-26-21-11-19(4-7-22(21)28-14-29-26)32-27(33)17(2)13-34-3/h4-12,14-15,17H,13H2,1-3H3,(H,32,33)(H,28,29,31)/p+1. The monoisotopic (exact) mass is 500 g/mol. The van der Waals surface area contributed by atoms with Gasteiger partial charge in [-0.2, -0.15) is 0 Å². The van der Waals surface area contributed by atoms with Crippen molar-refractivity contribution in [3.05, 3.63) is 72.0 Å². The lowest BCUT2D eigenvalue weighted by molar-refractivity contribution is -0.487. The van der Waals surface area contributed by atoms with Crippen molar-refractivity contribution in [3.8, 4) is 11.5 Å². The van der Waals surface area contributed by atoms with E-state index in [0.29, 0.717) is 12.4 Å². The van der Waals surface area contributed by atoms with Crippen LogP contribution >= 0.6 is 11.3 Å². The Bertz CT molecular complexity index is 1550. The normalized spacial score (nSPS) is 12.1. The molecule has 182 valence electrons. The van der Waals surface area contributed by atoms with Gasteiger partial charge in [-0.15, -0.1) is 11.3 Å². The first-order valence-electron chi connectivity index (χ1n) is 11.5. The second kappa shape index (κ2) is 10.4. The van der Waals surface area contributed by atoms with E-state index in [1.165, 1.54) is 6.33 Å². The number of ether oxygens (including phenoxy) is 2. The number of anilines is 2. The molecule has 1 unspecified atom stereocenters. The quantitative estimate of drug-likeness (QED) is 0.286. The predicted octanol–water partition coefficient (Wildman–Crippen LogP) is 5.09. The number of methoxy groups -OCH3 is 1. The Hall–Kier alpha value is -3.92. The van der Waals surface area contributed by atoms with Gasteiger partial charge in [-0.3, -0.25) is 5.32 Å². The van der Waals surface area contributed by atoms with E-state index in [2.05, 4.69) is 20.3 Å². The lowest BCUT2D eigenvalue weighted by Crippen LogP contribution is -2.84. The van der Waals surface area contributed by atoms with Gasteiger partial charge < -0.3 is 14.8 Å². The van der Waals surface area contributed by atoms with Crippen molar-refractivity contribution in [2.75, 3.05) is 19.0 Å².